The largest absolute Gasteiger partial charge is 0.478 e. The molecule has 0 atom stereocenters. The monoisotopic (exact) mass is 287 g/mol. The highest BCUT2D eigenvalue weighted by Crippen LogP contribution is 2.26. The lowest BCUT2D eigenvalue weighted by molar-refractivity contribution is -0.384. The molecule has 0 radical (unpaired) electrons. The van der Waals surface area contributed by atoms with E-state index in [-0.39, 0.29) is 16.9 Å². The number of carbonyl (C=O) groups is 1. The van der Waals surface area contributed by atoms with Crippen molar-refractivity contribution < 1.29 is 14.8 Å². The topological polar surface area (TPSA) is 96.6 Å². The molecule has 0 aliphatic rings. The van der Waals surface area contributed by atoms with Crippen LogP contribution in [0.1, 0.15) is 16.1 Å². The highest BCUT2D eigenvalue weighted by atomic mass is 16.6. The van der Waals surface area contributed by atoms with E-state index < -0.39 is 10.9 Å². The van der Waals surface area contributed by atoms with Gasteiger partial charge < -0.3 is 10.0 Å². The summed E-state index contributed by atoms with van der Waals surface area (Å²) in [4.78, 5) is 27.3. The van der Waals surface area contributed by atoms with Gasteiger partial charge in [0.1, 0.15) is 0 Å². The van der Waals surface area contributed by atoms with Gasteiger partial charge in [-0.3, -0.25) is 15.1 Å². The van der Waals surface area contributed by atoms with Crippen molar-refractivity contribution in [2.45, 2.75) is 6.54 Å². The summed E-state index contributed by atoms with van der Waals surface area (Å²) in [6.07, 6.45) is 1.63. The SMILES string of the molecule is CN(Cc1ccccn1)c1cc([N+](=O)[O-])ccc1C(=O)O. The van der Waals surface area contributed by atoms with Crippen LogP contribution >= 0.6 is 0 Å². The molecule has 21 heavy (non-hydrogen) atoms. The Balaban J connectivity index is 2.37. The molecule has 0 aliphatic heterocycles. The zero-order chi connectivity index (χ0) is 15.4. The molecule has 1 aromatic heterocycles. The summed E-state index contributed by atoms with van der Waals surface area (Å²) in [6, 6.07) is 9.08. The molecule has 1 aromatic carbocycles. The molecule has 1 N–H and O–H groups in total. The number of hydrogen-bond donors (Lipinski definition) is 1. The van der Waals surface area contributed by atoms with Crippen LogP contribution in [0.5, 0.6) is 0 Å². The lowest BCUT2D eigenvalue weighted by Crippen LogP contribution is -2.20. The second kappa shape index (κ2) is 6.00. The van der Waals surface area contributed by atoms with Crippen LogP contribution in [0.2, 0.25) is 0 Å². The number of benzene rings is 1. The number of hydrogen-bond acceptors (Lipinski definition) is 5. The summed E-state index contributed by atoms with van der Waals surface area (Å²) in [5.74, 6) is -1.13. The Morgan fingerprint density at radius 3 is 2.71 bits per heavy atom. The molecule has 0 amide bonds. The number of rotatable bonds is 5. The first-order valence-electron chi connectivity index (χ1n) is 6.12. The minimum Gasteiger partial charge on any atom is -0.478 e. The summed E-state index contributed by atoms with van der Waals surface area (Å²) in [6.45, 7) is 0.349. The summed E-state index contributed by atoms with van der Waals surface area (Å²) in [5, 5.41) is 20.0. The Bertz CT molecular complexity index is 673. The van der Waals surface area contributed by atoms with Gasteiger partial charge in [-0.25, -0.2) is 4.79 Å². The van der Waals surface area contributed by atoms with Crippen LogP contribution < -0.4 is 4.90 Å². The van der Waals surface area contributed by atoms with E-state index >= 15 is 0 Å². The van der Waals surface area contributed by atoms with Crippen LogP contribution in [0, 0.1) is 10.1 Å². The van der Waals surface area contributed by atoms with E-state index in [2.05, 4.69) is 4.98 Å². The van der Waals surface area contributed by atoms with Gasteiger partial charge in [-0.15, -0.1) is 0 Å². The lowest BCUT2D eigenvalue weighted by Gasteiger charge is -2.20. The van der Waals surface area contributed by atoms with E-state index in [0.29, 0.717) is 6.54 Å². The molecule has 0 bridgehead atoms. The first kappa shape index (κ1) is 14.4. The molecular weight excluding hydrogens is 274 g/mol. The van der Waals surface area contributed by atoms with Gasteiger partial charge in [0.05, 0.1) is 28.4 Å². The first-order valence-corrected chi connectivity index (χ1v) is 6.12. The number of anilines is 1. The maximum atomic E-state index is 11.2. The number of aromatic carboxylic acids is 1. The van der Waals surface area contributed by atoms with Crippen molar-refractivity contribution in [3.05, 3.63) is 64.0 Å². The summed E-state index contributed by atoms with van der Waals surface area (Å²) in [7, 11) is 1.67. The third-order valence-electron chi connectivity index (χ3n) is 2.96. The van der Waals surface area contributed by atoms with Gasteiger partial charge >= 0.3 is 5.97 Å². The molecule has 7 heteroatoms. The van der Waals surface area contributed by atoms with Crippen LogP contribution in [0.4, 0.5) is 11.4 Å². The molecule has 0 unspecified atom stereocenters. The Kier molecular flexibility index (Phi) is 4.13. The van der Waals surface area contributed by atoms with Gasteiger partial charge in [-0.1, -0.05) is 6.07 Å². The molecule has 7 nitrogen and oxygen atoms in total. The molecule has 0 fully saturated rings. The van der Waals surface area contributed by atoms with Crippen molar-refractivity contribution in [1.29, 1.82) is 0 Å². The number of nitro benzene ring substituents is 1. The first-order chi connectivity index (χ1) is 9.99. The van der Waals surface area contributed by atoms with E-state index in [1.54, 1.807) is 30.3 Å². The van der Waals surface area contributed by atoms with Gasteiger partial charge in [0, 0.05) is 25.4 Å². The van der Waals surface area contributed by atoms with Gasteiger partial charge in [0.25, 0.3) is 5.69 Å². The number of nitro groups is 1. The van der Waals surface area contributed by atoms with Crippen LogP contribution in [0.25, 0.3) is 0 Å². The molecule has 2 rings (SSSR count). The van der Waals surface area contributed by atoms with Crippen LogP contribution in [0.15, 0.2) is 42.6 Å². The van der Waals surface area contributed by atoms with Crippen LogP contribution in [0.3, 0.4) is 0 Å². The molecule has 108 valence electrons. The molecule has 0 spiro atoms. The normalized spacial score (nSPS) is 10.1. The van der Waals surface area contributed by atoms with E-state index in [1.807, 2.05) is 6.07 Å². The number of aromatic nitrogens is 1. The van der Waals surface area contributed by atoms with Gasteiger partial charge in [-0.2, -0.15) is 0 Å². The van der Waals surface area contributed by atoms with E-state index in [1.165, 1.54) is 18.2 Å². The molecule has 2 aromatic rings. The highest BCUT2D eigenvalue weighted by molar-refractivity contribution is 5.95. The van der Waals surface area contributed by atoms with E-state index in [9.17, 15) is 20.0 Å². The van der Waals surface area contributed by atoms with Crippen molar-refractivity contribution in [3.8, 4) is 0 Å². The second-order valence-electron chi connectivity index (χ2n) is 4.44. The summed E-state index contributed by atoms with van der Waals surface area (Å²) >= 11 is 0. The molecular formula is C14H13N3O4. The van der Waals surface area contributed by atoms with Gasteiger partial charge in [-0.05, 0) is 18.2 Å². The number of non-ortho nitro benzene ring substituents is 1. The van der Waals surface area contributed by atoms with Crippen molar-refractivity contribution in [2.24, 2.45) is 0 Å². The minimum absolute atomic E-state index is 0.0130. The number of nitrogens with zero attached hydrogens (tertiary/aromatic N) is 3. The van der Waals surface area contributed by atoms with Crippen LogP contribution in [-0.4, -0.2) is 28.0 Å². The average Bonchev–Trinajstić information content (AvgIpc) is 2.47. The fraction of sp³-hybridized carbons (Fsp3) is 0.143. The predicted molar refractivity (Wildman–Crippen MR) is 76.4 cm³/mol. The van der Waals surface area contributed by atoms with Crippen LogP contribution in [-0.2, 0) is 6.54 Å². The standard InChI is InChI=1S/C14H13N3O4/c1-16(9-10-4-2-3-7-15-10)13-8-11(17(20)21)5-6-12(13)14(18)19/h2-8H,9H2,1H3,(H,18,19). The van der Waals surface area contributed by atoms with Gasteiger partial charge in [0.2, 0.25) is 0 Å². The second-order valence-corrected chi connectivity index (χ2v) is 4.44. The maximum Gasteiger partial charge on any atom is 0.337 e. The van der Waals surface area contributed by atoms with Gasteiger partial charge in [0.15, 0.2) is 0 Å². The van der Waals surface area contributed by atoms with Crippen molar-refractivity contribution >= 4 is 17.3 Å². The lowest BCUT2D eigenvalue weighted by atomic mass is 10.1. The predicted octanol–water partition coefficient (Wildman–Crippen LogP) is 2.32. The maximum absolute atomic E-state index is 11.2. The Hall–Kier alpha value is -2.96. The summed E-state index contributed by atoms with van der Waals surface area (Å²) in [5.41, 5.74) is 0.882. The Morgan fingerprint density at radius 1 is 1.38 bits per heavy atom. The number of carboxylic acids is 1. The Labute approximate surface area is 120 Å². The smallest absolute Gasteiger partial charge is 0.337 e. The van der Waals surface area contributed by atoms with Crippen molar-refractivity contribution in [1.82, 2.24) is 4.98 Å². The van der Waals surface area contributed by atoms with E-state index in [0.717, 1.165) is 5.69 Å². The zero-order valence-corrected chi connectivity index (χ0v) is 11.3. The zero-order valence-electron chi connectivity index (χ0n) is 11.3. The minimum atomic E-state index is -1.13. The third-order valence-corrected chi connectivity index (χ3v) is 2.96. The average molecular weight is 287 g/mol. The van der Waals surface area contributed by atoms with Crippen molar-refractivity contribution in [3.63, 3.8) is 0 Å². The highest BCUT2D eigenvalue weighted by Gasteiger charge is 2.18. The summed E-state index contributed by atoms with van der Waals surface area (Å²) < 4.78 is 0. The number of pyridine rings is 1. The Morgan fingerprint density at radius 2 is 2.14 bits per heavy atom. The molecule has 0 saturated carbocycles. The molecule has 0 aliphatic carbocycles. The quantitative estimate of drug-likeness (QED) is 0.669. The fourth-order valence-electron chi connectivity index (χ4n) is 1.95. The number of carboxylic acid groups (broad SMARTS) is 1. The van der Waals surface area contributed by atoms with E-state index in [4.69, 9.17) is 0 Å². The third kappa shape index (κ3) is 3.33. The fourth-order valence-corrected chi connectivity index (χ4v) is 1.95. The molecule has 1 heterocycles. The molecule has 0 saturated heterocycles. The van der Waals surface area contributed by atoms with Crippen molar-refractivity contribution in [2.75, 3.05) is 11.9 Å².